The number of fused-ring (bicyclic) bond motifs is 1. The molecule has 0 bridgehead atoms. The summed E-state index contributed by atoms with van der Waals surface area (Å²) in [5.74, 6) is -0.619. The van der Waals surface area contributed by atoms with E-state index in [0.29, 0.717) is 34.5 Å². The number of amides is 1. The fraction of sp³-hybridized carbons (Fsp3) is 0.333. The maximum Gasteiger partial charge on any atom is 0.303 e. The summed E-state index contributed by atoms with van der Waals surface area (Å²) in [6.45, 7) is 4.25. The van der Waals surface area contributed by atoms with Gasteiger partial charge >= 0.3 is 5.97 Å². The molecule has 0 radical (unpaired) electrons. The zero-order valence-corrected chi connectivity index (χ0v) is 14.6. The Kier molecular flexibility index (Phi) is 5.01. The summed E-state index contributed by atoms with van der Waals surface area (Å²) >= 11 is 0. The van der Waals surface area contributed by atoms with E-state index in [2.05, 4.69) is 15.4 Å². The number of nitrogens with zero attached hydrogens (tertiary/aromatic N) is 3. The van der Waals surface area contributed by atoms with E-state index in [4.69, 9.17) is 9.52 Å². The van der Waals surface area contributed by atoms with Crippen LogP contribution in [0.15, 0.2) is 35.1 Å². The molecule has 2 N–H and O–H groups in total. The molecule has 1 amide bonds. The van der Waals surface area contributed by atoms with Crippen LogP contribution in [0.4, 0.5) is 0 Å². The molecular weight excluding hydrogens is 336 g/mol. The Labute approximate surface area is 149 Å². The van der Waals surface area contributed by atoms with Crippen molar-refractivity contribution in [3.63, 3.8) is 0 Å². The van der Waals surface area contributed by atoms with Gasteiger partial charge in [0.1, 0.15) is 5.69 Å². The van der Waals surface area contributed by atoms with Crippen molar-refractivity contribution in [2.45, 2.75) is 32.7 Å². The molecule has 0 saturated heterocycles. The maximum absolute atomic E-state index is 12.7. The molecule has 3 aromatic heterocycles. The highest BCUT2D eigenvalue weighted by Gasteiger charge is 2.19. The Morgan fingerprint density at radius 2 is 2.19 bits per heavy atom. The zero-order chi connectivity index (χ0) is 18.7. The van der Waals surface area contributed by atoms with Crippen molar-refractivity contribution >= 4 is 22.9 Å². The van der Waals surface area contributed by atoms with Gasteiger partial charge in [-0.25, -0.2) is 9.67 Å². The Hall–Kier alpha value is -3.16. The van der Waals surface area contributed by atoms with Gasteiger partial charge in [-0.05, 0) is 38.5 Å². The molecule has 136 valence electrons. The van der Waals surface area contributed by atoms with Gasteiger partial charge < -0.3 is 14.8 Å². The molecule has 8 heteroatoms. The number of carbonyl (C=O) groups excluding carboxylic acids is 1. The average molecular weight is 356 g/mol. The number of rotatable bonds is 7. The lowest BCUT2D eigenvalue weighted by Gasteiger charge is -2.10. The number of pyridine rings is 1. The first-order valence-corrected chi connectivity index (χ1v) is 8.39. The minimum absolute atomic E-state index is 0.00889. The van der Waals surface area contributed by atoms with Crippen molar-refractivity contribution < 1.29 is 19.1 Å². The normalized spacial score (nSPS) is 11.2. The van der Waals surface area contributed by atoms with Crippen LogP contribution in [0.2, 0.25) is 0 Å². The molecule has 3 rings (SSSR count). The highest BCUT2D eigenvalue weighted by Crippen LogP contribution is 2.26. The van der Waals surface area contributed by atoms with Crippen LogP contribution in [0, 0.1) is 0 Å². The van der Waals surface area contributed by atoms with E-state index in [-0.39, 0.29) is 24.9 Å². The molecule has 26 heavy (non-hydrogen) atoms. The monoisotopic (exact) mass is 356 g/mol. The number of carboxylic acids is 1. The van der Waals surface area contributed by atoms with Gasteiger partial charge in [0.05, 0.1) is 23.4 Å². The smallest absolute Gasteiger partial charge is 0.303 e. The van der Waals surface area contributed by atoms with Crippen molar-refractivity contribution in [3.8, 4) is 11.5 Å². The summed E-state index contributed by atoms with van der Waals surface area (Å²) in [4.78, 5) is 27.8. The van der Waals surface area contributed by atoms with Gasteiger partial charge in [-0.15, -0.1) is 0 Å². The van der Waals surface area contributed by atoms with Crippen LogP contribution in [-0.4, -0.2) is 38.3 Å². The molecular formula is C18H20N4O4. The topological polar surface area (TPSA) is 110 Å². The third-order valence-corrected chi connectivity index (χ3v) is 3.93. The van der Waals surface area contributed by atoms with E-state index in [1.807, 2.05) is 13.8 Å². The largest absolute Gasteiger partial charge is 0.481 e. The van der Waals surface area contributed by atoms with Gasteiger partial charge in [0, 0.05) is 19.0 Å². The fourth-order valence-corrected chi connectivity index (χ4v) is 2.67. The Morgan fingerprint density at radius 3 is 2.85 bits per heavy atom. The van der Waals surface area contributed by atoms with E-state index in [9.17, 15) is 9.59 Å². The van der Waals surface area contributed by atoms with Crippen LogP contribution in [-0.2, 0) is 4.79 Å². The maximum atomic E-state index is 12.7. The van der Waals surface area contributed by atoms with Crippen molar-refractivity contribution in [1.82, 2.24) is 20.1 Å². The lowest BCUT2D eigenvalue weighted by molar-refractivity contribution is -0.137. The second-order valence-corrected chi connectivity index (χ2v) is 6.21. The minimum atomic E-state index is -0.885. The van der Waals surface area contributed by atoms with E-state index >= 15 is 0 Å². The fourth-order valence-electron chi connectivity index (χ4n) is 2.67. The highest BCUT2D eigenvalue weighted by atomic mass is 16.4. The molecule has 0 aliphatic carbocycles. The van der Waals surface area contributed by atoms with E-state index < -0.39 is 5.97 Å². The van der Waals surface area contributed by atoms with Gasteiger partial charge in [-0.3, -0.25) is 9.59 Å². The third kappa shape index (κ3) is 3.58. The Morgan fingerprint density at radius 1 is 1.38 bits per heavy atom. The molecule has 0 unspecified atom stereocenters. The summed E-state index contributed by atoms with van der Waals surface area (Å²) in [6.07, 6.45) is 3.55. The lowest BCUT2D eigenvalue weighted by atomic mass is 10.1. The summed E-state index contributed by atoms with van der Waals surface area (Å²) in [5.41, 5.74) is 1.58. The lowest BCUT2D eigenvalue weighted by Crippen LogP contribution is -2.25. The molecule has 0 saturated carbocycles. The molecule has 0 aromatic carbocycles. The minimum Gasteiger partial charge on any atom is -0.481 e. The molecule has 8 nitrogen and oxygen atoms in total. The number of hydrogen-bond donors (Lipinski definition) is 2. The van der Waals surface area contributed by atoms with Gasteiger partial charge in [-0.1, -0.05) is 0 Å². The van der Waals surface area contributed by atoms with Gasteiger partial charge in [-0.2, -0.15) is 5.10 Å². The van der Waals surface area contributed by atoms with E-state index in [0.717, 1.165) is 0 Å². The van der Waals surface area contributed by atoms with Gasteiger partial charge in [0.15, 0.2) is 11.4 Å². The van der Waals surface area contributed by atoms with Crippen molar-refractivity contribution in [1.29, 1.82) is 0 Å². The van der Waals surface area contributed by atoms with Crippen molar-refractivity contribution in [3.05, 3.63) is 36.2 Å². The zero-order valence-electron chi connectivity index (χ0n) is 14.6. The molecule has 0 aliphatic heterocycles. The Balaban J connectivity index is 1.97. The number of carboxylic acid groups (broad SMARTS) is 1. The predicted molar refractivity (Wildman–Crippen MR) is 94.8 cm³/mol. The van der Waals surface area contributed by atoms with Gasteiger partial charge in [0.2, 0.25) is 0 Å². The molecule has 0 spiro atoms. The van der Waals surface area contributed by atoms with Gasteiger partial charge in [0.25, 0.3) is 5.91 Å². The summed E-state index contributed by atoms with van der Waals surface area (Å²) < 4.78 is 7.17. The SMILES string of the molecule is CC(C)n1ncc2c(C(=O)NCCCC(=O)O)cc(-c3ccco3)nc21. The van der Waals surface area contributed by atoms with Crippen LogP contribution in [0.1, 0.15) is 43.1 Å². The van der Waals surface area contributed by atoms with Crippen LogP contribution in [0.25, 0.3) is 22.5 Å². The predicted octanol–water partition coefficient (Wildman–Crippen LogP) is 2.87. The number of aliphatic carboxylic acids is 1. The van der Waals surface area contributed by atoms with Crippen molar-refractivity contribution in [2.75, 3.05) is 6.54 Å². The van der Waals surface area contributed by atoms with Crippen LogP contribution in [0.3, 0.4) is 0 Å². The molecule has 0 aliphatic rings. The standard InChI is InChI=1S/C18H20N4O4/c1-11(2)22-17-13(10-20-22)12(18(25)19-7-3-6-16(23)24)9-14(21-17)15-5-4-8-26-15/h4-5,8-11H,3,6-7H2,1-2H3,(H,19,25)(H,23,24). The number of furan rings is 1. The first-order chi connectivity index (χ1) is 12.5. The quantitative estimate of drug-likeness (QED) is 0.630. The third-order valence-electron chi connectivity index (χ3n) is 3.93. The van der Waals surface area contributed by atoms with Crippen molar-refractivity contribution in [2.24, 2.45) is 0 Å². The molecule has 0 atom stereocenters. The van der Waals surface area contributed by atoms with E-state index in [1.54, 1.807) is 35.3 Å². The Bertz CT molecular complexity index is 928. The highest BCUT2D eigenvalue weighted by molar-refractivity contribution is 6.06. The summed E-state index contributed by atoms with van der Waals surface area (Å²) in [5, 5.41) is 16.4. The summed E-state index contributed by atoms with van der Waals surface area (Å²) in [7, 11) is 0. The first-order valence-electron chi connectivity index (χ1n) is 8.39. The summed E-state index contributed by atoms with van der Waals surface area (Å²) in [6, 6.07) is 5.28. The molecule has 3 heterocycles. The van der Waals surface area contributed by atoms with Crippen LogP contribution >= 0.6 is 0 Å². The molecule has 3 aromatic rings. The van der Waals surface area contributed by atoms with Crippen LogP contribution < -0.4 is 5.32 Å². The number of hydrogen-bond acceptors (Lipinski definition) is 5. The number of nitrogens with one attached hydrogen (secondary N) is 1. The second-order valence-electron chi connectivity index (χ2n) is 6.21. The number of carbonyl (C=O) groups is 2. The molecule has 0 fully saturated rings. The average Bonchev–Trinajstić information content (AvgIpc) is 3.26. The number of aromatic nitrogens is 3. The second kappa shape index (κ2) is 7.38. The van der Waals surface area contributed by atoms with E-state index in [1.165, 1.54) is 0 Å². The van der Waals surface area contributed by atoms with Crippen LogP contribution in [0.5, 0.6) is 0 Å². The first kappa shape index (κ1) is 17.7.